The molecule has 1 amide bonds. The number of halogens is 1. The summed E-state index contributed by atoms with van der Waals surface area (Å²) < 4.78 is 6.89. The number of amides is 1. The second-order valence-electron chi connectivity index (χ2n) is 6.95. The van der Waals surface area contributed by atoms with Gasteiger partial charge in [0.2, 0.25) is 0 Å². The predicted octanol–water partition coefficient (Wildman–Crippen LogP) is 6.62. The molecule has 0 spiro atoms. The summed E-state index contributed by atoms with van der Waals surface area (Å²) in [5.41, 5.74) is 5.02. The molecule has 1 N–H and O–H groups in total. The standard InChI is InChI=1S/C25H21BrN2O2/c1-3-30-24-15-23(17-7-5-4-6-8-17)28-22-12-9-18(14-20(22)24)25(29)27-19-10-11-21(26)16(2)13-19/h4-15H,3H2,1-2H3,(H,27,29). The highest BCUT2D eigenvalue weighted by atomic mass is 79.9. The lowest BCUT2D eigenvalue weighted by atomic mass is 10.1. The fourth-order valence-electron chi connectivity index (χ4n) is 3.29. The molecule has 1 aromatic heterocycles. The lowest BCUT2D eigenvalue weighted by Gasteiger charge is -2.12. The Morgan fingerprint density at radius 3 is 2.57 bits per heavy atom. The topological polar surface area (TPSA) is 51.2 Å². The summed E-state index contributed by atoms with van der Waals surface area (Å²) in [5.74, 6) is 0.545. The van der Waals surface area contributed by atoms with Crippen molar-refractivity contribution in [3.8, 4) is 17.0 Å². The van der Waals surface area contributed by atoms with Crippen molar-refractivity contribution in [1.29, 1.82) is 0 Å². The number of hydrogen-bond acceptors (Lipinski definition) is 3. The zero-order valence-electron chi connectivity index (χ0n) is 16.8. The van der Waals surface area contributed by atoms with Gasteiger partial charge in [0.1, 0.15) is 5.75 Å². The average molecular weight is 461 g/mol. The van der Waals surface area contributed by atoms with Crippen molar-refractivity contribution in [1.82, 2.24) is 4.98 Å². The van der Waals surface area contributed by atoms with Gasteiger partial charge in [-0.2, -0.15) is 0 Å². The van der Waals surface area contributed by atoms with E-state index in [0.717, 1.165) is 43.6 Å². The van der Waals surface area contributed by atoms with E-state index in [2.05, 4.69) is 21.2 Å². The number of aryl methyl sites for hydroxylation is 1. The minimum Gasteiger partial charge on any atom is -0.493 e. The van der Waals surface area contributed by atoms with Crippen LogP contribution in [0.4, 0.5) is 5.69 Å². The maximum Gasteiger partial charge on any atom is 0.255 e. The fraction of sp³-hybridized carbons (Fsp3) is 0.120. The Hall–Kier alpha value is -3.18. The van der Waals surface area contributed by atoms with Gasteiger partial charge in [0.25, 0.3) is 5.91 Å². The van der Waals surface area contributed by atoms with E-state index >= 15 is 0 Å². The zero-order valence-corrected chi connectivity index (χ0v) is 18.4. The van der Waals surface area contributed by atoms with Crippen LogP contribution in [0, 0.1) is 6.92 Å². The van der Waals surface area contributed by atoms with Crippen LogP contribution in [0.2, 0.25) is 0 Å². The molecular formula is C25H21BrN2O2. The van der Waals surface area contributed by atoms with E-state index in [1.807, 2.05) is 80.6 Å². The zero-order chi connectivity index (χ0) is 21.1. The Labute approximate surface area is 184 Å². The van der Waals surface area contributed by atoms with Crippen molar-refractivity contribution in [2.45, 2.75) is 13.8 Å². The first-order chi connectivity index (χ1) is 14.5. The molecule has 0 aliphatic heterocycles. The lowest BCUT2D eigenvalue weighted by molar-refractivity contribution is 0.102. The van der Waals surface area contributed by atoms with Crippen LogP contribution in [0.5, 0.6) is 5.75 Å². The molecule has 0 radical (unpaired) electrons. The van der Waals surface area contributed by atoms with E-state index in [9.17, 15) is 4.79 Å². The van der Waals surface area contributed by atoms with Crippen LogP contribution in [0.15, 0.2) is 77.3 Å². The third-order valence-electron chi connectivity index (χ3n) is 4.82. The molecule has 0 atom stereocenters. The summed E-state index contributed by atoms with van der Waals surface area (Å²) in [6.07, 6.45) is 0. The molecular weight excluding hydrogens is 440 g/mol. The van der Waals surface area contributed by atoms with Crippen LogP contribution in [0.1, 0.15) is 22.8 Å². The van der Waals surface area contributed by atoms with Crippen LogP contribution < -0.4 is 10.1 Å². The van der Waals surface area contributed by atoms with Gasteiger partial charge in [-0.25, -0.2) is 4.98 Å². The molecule has 1 heterocycles. The number of rotatable bonds is 5. The molecule has 4 aromatic rings. The second-order valence-corrected chi connectivity index (χ2v) is 7.81. The van der Waals surface area contributed by atoms with Gasteiger partial charge >= 0.3 is 0 Å². The van der Waals surface area contributed by atoms with Crippen molar-refractivity contribution >= 4 is 38.4 Å². The van der Waals surface area contributed by atoms with E-state index in [1.54, 1.807) is 6.07 Å². The van der Waals surface area contributed by atoms with E-state index in [1.165, 1.54) is 0 Å². The van der Waals surface area contributed by atoms with Crippen LogP contribution in [-0.2, 0) is 0 Å². The van der Waals surface area contributed by atoms with Crippen molar-refractivity contribution in [3.05, 3.63) is 88.4 Å². The minimum atomic E-state index is -0.173. The largest absolute Gasteiger partial charge is 0.493 e. The van der Waals surface area contributed by atoms with Crippen LogP contribution in [0.3, 0.4) is 0 Å². The Morgan fingerprint density at radius 1 is 1.03 bits per heavy atom. The number of nitrogens with one attached hydrogen (secondary N) is 1. The maximum atomic E-state index is 12.8. The number of aromatic nitrogens is 1. The molecule has 0 saturated carbocycles. The first kappa shape index (κ1) is 20.1. The molecule has 0 aliphatic rings. The van der Waals surface area contributed by atoms with Gasteiger partial charge in [-0.1, -0.05) is 46.3 Å². The number of ether oxygens (including phenoxy) is 1. The Morgan fingerprint density at radius 2 is 1.83 bits per heavy atom. The monoisotopic (exact) mass is 460 g/mol. The molecule has 0 saturated heterocycles. The molecule has 0 aliphatic carbocycles. The van der Waals surface area contributed by atoms with Gasteiger partial charge in [-0.15, -0.1) is 0 Å². The van der Waals surface area contributed by atoms with Crippen molar-refractivity contribution in [2.75, 3.05) is 11.9 Å². The number of benzene rings is 3. The van der Waals surface area contributed by atoms with Crippen LogP contribution in [-0.4, -0.2) is 17.5 Å². The lowest BCUT2D eigenvalue weighted by Crippen LogP contribution is -2.12. The summed E-state index contributed by atoms with van der Waals surface area (Å²) in [7, 11) is 0. The minimum absolute atomic E-state index is 0.173. The average Bonchev–Trinajstić information content (AvgIpc) is 2.76. The molecule has 150 valence electrons. The summed E-state index contributed by atoms with van der Waals surface area (Å²) in [6.45, 7) is 4.46. The van der Waals surface area contributed by atoms with Crippen LogP contribution >= 0.6 is 15.9 Å². The molecule has 5 heteroatoms. The summed E-state index contributed by atoms with van der Waals surface area (Å²) >= 11 is 3.48. The van der Waals surface area contributed by atoms with Gasteiger partial charge < -0.3 is 10.1 Å². The summed E-state index contributed by atoms with van der Waals surface area (Å²) in [4.78, 5) is 17.6. The summed E-state index contributed by atoms with van der Waals surface area (Å²) in [6, 6.07) is 23.1. The number of anilines is 1. The van der Waals surface area contributed by atoms with Gasteiger partial charge in [-0.05, 0) is 55.8 Å². The molecule has 3 aromatic carbocycles. The second kappa shape index (κ2) is 8.67. The van der Waals surface area contributed by atoms with Crippen LogP contribution in [0.25, 0.3) is 22.2 Å². The Bertz CT molecular complexity index is 1220. The predicted molar refractivity (Wildman–Crippen MR) is 125 cm³/mol. The third kappa shape index (κ3) is 4.21. The molecule has 0 fully saturated rings. The highest BCUT2D eigenvalue weighted by Gasteiger charge is 2.13. The van der Waals surface area contributed by atoms with Gasteiger partial charge in [0, 0.05) is 32.7 Å². The molecule has 0 unspecified atom stereocenters. The third-order valence-corrected chi connectivity index (χ3v) is 5.71. The van der Waals surface area contributed by atoms with Crippen molar-refractivity contribution in [3.63, 3.8) is 0 Å². The smallest absolute Gasteiger partial charge is 0.255 e. The maximum absolute atomic E-state index is 12.8. The first-order valence-corrected chi connectivity index (χ1v) is 10.5. The van der Waals surface area contributed by atoms with Gasteiger partial charge in [-0.3, -0.25) is 4.79 Å². The normalized spacial score (nSPS) is 10.8. The SMILES string of the molecule is CCOc1cc(-c2ccccc2)nc2ccc(C(=O)Nc3ccc(Br)c(C)c3)cc12. The fourth-order valence-corrected chi connectivity index (χ4v) is 3.54. The Kier molecular flexibility index (Phi) is 5.81. The number of fused-ring (bicyclic) bond motifs is 1. The van der Waals surface area contributed by atoms with E-state index < -0.39 is 0 Å². The Balaban J connectivity index is 1.71. The highest BCUT2D eigenvalue weighted by Crippen LogP contribution is 2.31. The first-order valence-electron chi connectivity index (χ1n) is 9.75. The van der Waals surface area contributed by atoms with E-state index in [4.69, 9.17) is 9.72 Å². The van der Waals surface area contributed by atoms with Gasteiger partial charge in [0.15, 0.2) is 0 Å². The summed E-state index contributed by atoms with van der Waals surface area (Å²) in [5, 5.41) is 3.77. The number of hydrogen-bond donors (Lipinski definition) is 1. The molecule has 4 rings (SSSR count). The number of nitrogens with zero attached hydrogens (tertiary/aromatic N) is 1. The number of carbonyl (C=O) groups excluding carboxylic acids is 1. The molecule has 0 bridgehead atoms. The van der Waals surface area contributed by atoms with Crippen molar-refractivity contribution < 1.29 is 9.53 Å². The van der Waals surface area contributed by atoms with Gasteiger partial charge in [0.05, 0.1) is 17.8 Å². The molecule has 30 heavy (non-hydrogen) atoms. The molecule has 4 nitrogen and oxygen atoms in total. The number of carbonyl (C=O) groups is 1. The van der Waals surface area contributed by atoms with E-state index in [0.29, 0.717) is 12.2 Å². The van der Waals surface area contributed by atoms with Crippen molar-refractivity contribution in [2.24, 2.45) is 0 Å². The quantitative estimate of drug-likeness (QED) is 0.363. The highest BCUT2D eigenvalue weighted by molar-refractivity contribution is 9.10. The van der Waals surface area contributed by atoms with E-state index in [-0.39, 0.29) is 5.91 Å². The number of pyridine rings is 1.